The fourth-order valence-electron chi connectivity index (χ4n) is 2.07. The summed E-state index contributed by atoms with van der Waals surface area (Å²) in [7, 11) is 0. The first-order valence-electron chi connectivity index (χ1n) is 7.00. The molecule has 0 fully saturated rings. The van der Waals surface area contributed by atoms with Crippen LogP contribution in [0.5, 0.6) is 0 Å². The van der Waals surface area contributed by atoms with E-state index in [1.54, 1.807) is 19.1 Å². The summed E-state index contributed by atoms with van der Waals surface area (Å²) in [6.07, 6.45) is 1.20. The average molecular weight is 556 g/mol. The van der Waals surface area contributed by atoms with Crippen molar-refractivity contribution in [2.24, 2.45) is 0 Å². The molecule has 0 bridgehead atoms. The third-order valence-corrected chi connectivity index (χ3v) is 4.85. The predicted octanol–water partition coefficient (Wildman–Crippen LogP) is 1.73. The van der Waals surface area contributed by atoms with Gasteiger partial charge in [0.2, 0.25) is 0 Å². The van der Waals surface area contributed by atoms with Crippen molar-refractivity contribution in [3.05, 3.63) is 36.6 Å². The minimum atomic E-state index is -0.491. The number of carbonyl (C=O) groups is 3. The normalized spacial score (nSPS) is 14.0. The van der Waals surface area contributed by atoms with Gasteiger partial charge in [0.15, 0.2) is 0 Å². The first kappa shape index (κ1) is 19.1. The molecule has 1 aromatic rings. The lowest BCUT2D eigenvalue weighted by Gasteiger charge is -2.15. The van der Waals surface area contributed by atoms with E-state index in [0.29, 0.717) is 18.4 Å². The van der Waals surface area contributed by atoms with E-state index in [4.69, 9.17) is 9.84 Å². The van der Waals surface area contributed by atoms with E-state index in [0.717, 1.165) is 4.90 Å². The molecule has 2 rings (SSSR count). The summed E-state index contributed by atoms with van der Waals surface area (Å²) in [4.78, 5) is 36.7. The molecule has 0 atom stereocenters. The van der Waals surface area contributed by atoms with E-state index >= 15 is 0 Å². The minimum Gasteiger partial charge on any atom is -0.462 e. The number of hydrogen-bond acceptors (Lipinski definition) is 6. The van der Waals surface area contributed by atoms with E-state index in [-0.39, 0.29) is 25.5 Å². The van der Waals surface area contributed by atoms with Crippen molar-refractivity contribution in [1.82, 2.24) is 4.90 Å². The molecule has 1 heterocycles. The van der Waals surface area contributed by atoms with Gasteiger partial charge in [-0.1, -0.05) is 0 Å². The number of β-amino-alcohol motifs (C(OH)–C–C–N with tert-alkyl or cyclic N) is 1. The second kappa shape index (κ2) is 8.25. The molecule has 9 heteroatoms. The Morgan fingerprint density at radius 2 is 1.92 bits per heavy atom. The number of rotatable bonds is 6. The number of esters is 1. The van der Waals surface area contributed by atoms with Gasteiger partial charge in [0.1, 0.15) is 5.70 Å². The number of amides is 2. The lowest BCUT2D eigenvalue weighted by Crippen LogP contribution is -2.34. The molecule has 0 unspecified atom stereocenters. The highest BCUT2D eigenvalue weighted by Gasteiger charge is 2.31. The van der Waals surface area contributed by atoms with Gasteiger partial charge >= 0.3 is 5.97 Å². The Labute approximate surface area is 165 Å². The van der Waals surface area contributed by atoms with Crippen molar-refractivity contribution >= 4 is 68.7 Å². The molecule has 2 N–H and O–H groups in total. The molecule has 7 nitrogen and oxygen atoms in total. The van der Waals surface area contributed by atoms with Gasteiger partial charge in [-0.15, -0.1) is 0 Å². The first-order chi connectivity index (χ1) is 11.4. The number of hydrogen-bond donors (Lipinski definition) is 2. The summed E-state index contributed by atoms with van der Waals surface area (Å²) in [5.41, 5.74) is 1.18. The zero-order chi connectivity index (χ0) is 17.9. The molecular weight excluding hydrogens is 542 g/mol. The minimum absolute atomic E-state index is 0.0463. The number of ether oxygens (including phenoxy) is 1. The molecule has 0 radical (unpaired) electrons. The number of imide groups is 1. The van der Waals surface area contributed by atoms with Gasteiger partial charge in [-0.3, -0.25) is 14.5 Å². The van der Waals surface area contributed by atoms with Crippen LogP contribution < -0.4 is 5.32 Å². The van der Waals surface area contributed by atoms with Crippen LogP contribution in [0.25, 0.3) is 0 Å². The summed E-state index contributed by atoms with van der Waals surface area (Å²) in [6, 6.07) is 3.30. The summed E-state index contributed by atoms with van der Waals surface area (Å²) in [5.74, 6) is -1.37. The molecule has 128 valence electrons. The molecule has 1 aliphatic heterocycles. The number of carbonyl (C=O) groups excluding carboxylic acids is 3. The zero-order valence-corrected chi connectivity index (χ0v) is 17.0. The number of anilines is 1. The van der Waals surface area contributed by atoms with Crippen molar-refractivity contribution in [2.45, 2.75) is 6.92 Å². The predicted molar refractivity (Wildman–Crippen MR) is 103 cm³/mol. The maximum Gasteiger partial charge on any atom is 0.338 e. The molecule has 2 amide bonds. The van der Waals surface area contributed by atoms with E-state index in [1.807, 2.05) is 45.2 Å². The van der Waals surface area contributed by atoms with E-state index in [2.05, 4.69) is 5.32 Å². The van der Waals surface area contributed by atoms with Crippen molar-refractivity contribution in [1.29, 1.82) is 0 Å². The van der Waals surface area contributed by atoms with Gasteiger partial charge < -0.3 is 15.2 Å². The third kappa shape index (κ3) is 4.06. The number of aliphatic hydroxyl groups is 1. The number of nitrogens with zero attached hydrogens (tertiary/aromatic N) is 1. The number of benzene rings is 1. The third-order valence-electron chi connectivity index (χ3n) is 3.15. The van der Waals surface area contributed by atoms with Crippen molar-refractivity contribution in [2.75, 3.05) is 25.1 Å². The Morgan fingerprint density at radius 3 is 2.46 bits per heavy atom. The monoisotopic (exact) mass is 556 g/mol. The molecule has 24 heavy (non-hydrogen) atoms. The highest BCUT2D eigenvalue weighted by atomic mass is 127. The second-order valence-electron chi connectivity index (χ2n) is 4.74. The Kier molecular flexibility index (Phi) is 6.57. The molecule has 1 aromatic carbocycles. The van der Waals surface area contributed by atoms with Crippen molar-refractivity contribution in [3.63, 3.8) is 0 Å². The fraction of sp³-hybridized carbons (Fsp3) is 0.267. The summed E-state index contributed by atoms with van der Waals surface area (Å²) < 4.78 is 6.40. The Morgan fingerprint density at radius 1 is 1.29 bits per heavy atom. The lowest BCUT2D eigenvalue weighted by atomic mass is 10.2. The van der Waals surface area contributed by atoms with Crippen molar-refractivity contribution in [3.8, 4) is 0 Å². The van der Waals surface area contributed by atoms with Crippen LogP contribution in [0.15, 0.2) is 23.9 Å². The number of aliphatic hydroxyl groups excluding tert-OH is 1. The SMILES string of the molecule is CCOC(=O)c1cc(I)c(NC2=CC(=O)N(CCO)C2=O)c(I)c1. The lowest BCUT2D eigenvalue weighted by molar-refractivity contribution is -0.137. The number of halogens is 2. The highest BCUT2D eigenvalue weighted by Crippen LogP contribution is 2.29. The van der Waals surface area contributed by atoms with Crippen LogP contribution in [-0.4, -0.2) is 47.5 Å². The average Bonchev–Trinajstić information content (AvgIpc) is 2.79. The molecule has 0 aromatic heterocycles. The summed E-state index contributed by atoms with van der Waals surface area (Å²) in [5, 5.41) is 11.9. The standard InChI is InChI=1S/C15H14I2N2O5/c1-2-24-15(23)8-5-9(16)13(10(17)6-8)18-11-7-12(21)19(3-4-20)14(11)22/h5-7,18,20H,2-4H2,1H3. The van der Waals surface area contributed by atoms with Crippen LogP contribution in [0.2, 0.25) is 0 Å². The topological polar surface area (TPSA) is 95.9 Å². The van der Waals surface area contributed by atoms with Gasteiger partial charge in [-0.2, -0.15) is 0 Å². The van der Waals surface area contributed by atoms with E-state index < -0.39 is 17.8 Å². The molecule has 0 saturated carbocycles. The van der Waals surface area contributed by atoms with Crippen LogP contribution in [0.1, 0.15) is 17.3 Å². The molecule has 1 aliphatic rings. The highest BCUT2D eigenvalue weighted by molar-refractivity contribution is 14.1. The van der Waals surface area contributed by atoms with E-state index in [1.165, 1.54) is 6.08 Å². The van der Waals surface area contributed by atoms with Crippen LogP contribution in [0.4, 0.5) is 5.69 Å². The van der Waals surface area contributed by atoms with Gasteiger partial charge in [-0.05, 0) is 64.2 Å². The van der Waals surface area contributed by atoms with Gasteiger partial charge in [0.25, 0.3) is 11.8 Å². The summed E-state index contributed by atoms with van der Waals surface area (Å²) in [6.45, 7) is 1.69. The van der Waals surface area contributed by atoms with Gasteiger partial charge in [0, 0.05) is 13.2 Å². The quantitative estimate of drug-likeness (QED) is 0.315. The number of nitrogens with one attached hydrogen (secondary N) is 1. The summed E-state index contributed by atoms with van der Waals surface area (Å²) >= 11 is 4.08. The first-order valence-corrected chi connectivity index (χ1v) is 9.16. The molecular formula is C15H14I2N2O5. The van der Waals surface area contributed by atoms with Crippen LogP contribution in [-0.2, 0) is 14.3 Å². The van der Waals surface area contributed by atoms with E-state index in [9.17, 15) is 14.4 Å². The molecule has 0 spiro atoms. The molecule has 0 aliphatic carbocycles. The van der Waals surface area contributed by atoms with Gasteiger partial charge in [-0.25, -0.2) is 4.79 Å². The largest absolute Gasteiger partial charge is 0.462 e. The zero-order valence-electron chi connectivity index (χ0n) is 12.6. The van der Waals surface area contributed by atoms with Crippen LogP contribution >= 0.6 is 45.2 Å². The fourth-order valence-corrected chi connectivity index (χ4v) is 4.11. The van der Waals surface area contributed by atoms with Crippen LogP contribution in [0.3, 0.4) is 0 Å². The van der Waals surface area contributed by atoms with Crippen LogP contribution in [0, 0.1) is 7.14 Å². The maximum atomic E-state index is 12.2. The van der Waals surface area contributed by atoms with Gasteiger partial charge in [0.05, 0.1) is 31.0 Å². The molecule has 0 saturated heterocycles. The van der Waals surface area contributed by atoms with Crippen molar-refractivity contribution < 1.29 is 24.2 Å². The Balaban J connectivity index is 2.25. The Bertz CT molecular complexity index is 710. The maximum absolute atomic E-state index is 12.2. The Hall–Kier alpha value is -1.21. The second-order valence-corrected chi connectivity index (χ2v) is 7.06. The smallest absolute Gasteiger partial charge is 0.338 e.